The van der Waals surface area contributed by atoms with Gasteiger partial charge in [-0.3, -0.25) is 0 Å². The third-order valence-corrected chi connectivity index (χ3v) is 1.24. The van der Waals surface area contributed by atoms with Crippen molar-refractivity contribution in [3.05, 3.63) is 24.3 Å². The zero-order valence-electron chi connectivity index (χ0n) is 5.57. The highest BCUT2D eigenvalue weighted by Gasteiger charge is 2.01. The molecule has 4 nitrogen and oxygen atoms in total. The highest BCUT2D eigenvalue weighted by Crippen LogP contribution is 2.00. The first kappa shape index (κ1) is 7.11. The van der Waals surface area contributed by atoms with Gasteiger partial charge in [0.15, 0.2) is 0 Å². The molecular formula is C6H10N4. The maximum absolute atomic E-state index is 5.58. The lowest BCUT2D eigenvalue weighted by Crippen LogP contribution is -2.21. The largest absolute Gasteiger partial charge is 0.329 e. The van der Waals surface area contributed by atoms with Crippen molar-refractivity contribution in [1.29, 1.82) is 0 Å². The van der Waals surface area contributed by atoms with Crippen LogP contribution in [-0.2, 0) is 0 Å². The fourth-order valence-electron chi connectivity index (χ4n) is 0.641. The van der Waals surface area contributed by atoms with Crippen LogP contribution in [0.25, 0.3) is 0 Å². The molecule has 4 N–H and O–H groups in total. The Morgan fingerprint density at radius 2 is 2.40 bits per heavy atom. The van der Waals surface area contributed by atoms with Crippen LogP contribution >= 0.6 is 0 Å². The van der Waals surface area contributed by atoms with E-state index in [9.17, 15) is 0 Å². The molecule has 1 heterocycles. The molecule has 0 saturated heterocycles. The van der Waals surface area contributed by atoms with Crippen LogP contribution in [0.3, 0.4) is 0 Å². The van der Waals surface area contributed by atoms with Gasteiger partial charge in [0.2, 0.25) is 0 Å². The molecule has 0 aliphatic rings. The van der Waals surface area contributed by atoms with E-state index in [-0.39, 0.29) is 6.04 Å². The van der Waals surface area contributed by atoms with Crippen molar-refractivity contribution in [1.82, 2.24) is 9.97 Å². The summed E-state index contributed by atoms with van der Waals surface area (Å²) < 4.78 is 0. The molecule has 0 aliphatic heterocycles. The van der Waals surface area contributed by atoms with Crippen molar-refractivity contribution in [2.45, 2.75) is 6.04 Å². The van der Waals surface area contributed by atoms with Crippen molar-refractivity contribution in [2.24, 2.45) is 11.5 Å². The molecule has 1 rings (SSSR count). The Balaban J connectivity index is 2.75. The summed E-state index contributed by atoms with van der Waals surface area (Å²) in [6, 6.07) is 1.60. The molecule has 1 aromatic heterocycles. The van der Waals surface area contributed by atoms with Gasteiger partial charge in [0.05, 0.1) is 11.7 Å². The van der Waals surface area contributed by atoms with E-state index in [4.69, 9.17) is 11.5 Å². The Hall–Kier alpha value is -1.00. The first-order valence-corrected chi connectivity index (χ1v) is 3.06. The number of aromatic nitrogens is 2. The summed E-state index contributed by atoms with van der Waals surface area (Å²) in [5, 5.41) is 0. The molecule has 54 valence electrons. The topological polar surface area (TPSA) is 77.8 Å². The fourth-order valence-corrected chi connectivity index (χ4v) is 0.641. The van der Waals surface area contributed by atoms with Crippen molar-refractivity contribution in [3.8, 4) is 0 Å². The predicted octanol–water partition coefficient (Wildman–Crippen LogP) is -0.565. The standard InChI is InChI=1S/C6H10N4/c7-3-5(8)6-1-2-9-4-10-6/h1-2,4-5H,3,7-8H2. The maximum atomic E-state index is 5.58. The Morgan fingerprint density at radius 1 is 1.60 bits per heavy atom. The van der Waals surface area contributed by atoms with Gasteiger partial charge in [0.1, 0.15) is 6.33 Å². The average Bonchev–Trinajstić information content (AvgIpc) is 2.05. The van der Waals surface area contributed by atoms with Crippen molar-refractivity contribution < 1.29 is 0 Å². The molecule has 0 aromatic carbocycles. The second-order valence-corrected chi connectivity index (χ2v) is 1.98. The zero-order valence-corrected chi connectivity index (χ0v) is 5.57. The van der Waals surface area contributed by atoms with E-state index in [0.29, 0.717) is 6.54 Å². The second-order valence-electron chi connectivity index (χ2n) is 1.98. The Labute approximate surface area is 59.3 Å². The van der Waals surface area contributed by atoms with Gasteiger partial charge < -0.3 is 11.5 Å². The second kappa shape index (κ2) is 3.24. The Morgan fingerprint density at radius 3 is 2.90 bits per heavy atom. The van der Waals surface area contributed by atoms with Crippen LogP contribution < -0.4 is 11.5 Å². The lowest BCUT2D eigenvalue weighted by Gasteiger charge is -2.05. The predicted molar refractivity (Wildman–Crippen MR) is 38.0 cm³/mol. The minimum atomic E-state index is -0.164. The Bertz CT molecular complexity index is 186. The van der Waals surface area contributed by atoms with Crippen LogP contribution in [0, 0.1) is 0 Å². The number of nitrogens with two attached hydrogens (primary N) is 2. The fraction of sp³-hybridized carbons (Fsp3) is 0.333. The van der Waals surface area contributed by atoms with Gasteiger partial charge in [-0.05, 0) is 6.07 Å². The molecule has 0 saturated carbocycles. The van der Waals surface area contributed by atoms with E-state index >= 15 is 0 Å². The molecule has 0 radical (unpaired) electrons. The Kier molecular flexibility index (Phi) is 2.30. The SMILES string of the molecule is NCC(N)c1ccncn1. The molecule has 0 bridgehead atoms. The van der Waals surface area contributed by atoms with Gasteiger partial charge in [0, 0.05) is 12.7 Å². The summed E-state index contributed by atoms with van der Waals surface area (Å²) in [5.74, 6) is 0. The summed E-state index contributed by atoms with van der Waals surface area (Å²) >= 11 is 0. The highest BCUT2D eigenvalue weighted by molar-refractivity contribution is 5.03. The van der Waals surface area contributed by atoms with E-state index in [2.05, 4.69) is 9.97 Å². The van der Waals surface area contributed by atoms with Crippen molar-refractivity contribution >= 4 is 0 Å². The smallest absolute Gasteiger partial charge is 0.115 e. The number of hydrogen-bond donors (Lipinski definition) is 2. The molecule has 1 unspecified atom stereocenters. The van der Waals surface area contributed by atoms with E-state index in [1.54, 1.807) is 12.3 Å². The van der Waals surface area contributed by atoms with E-state index < -0.39 is 0 Å². The molecular weight excluding hydrogens is 128 g/mol. The van der Waals surface area contributed by atoms with Gasteiger partial charge in [0.25, 0.3) is 0 Å². The van der Waals surface area contributed by atoms with Gasteiger partial charge in [-0.2, -0.15) is 0 Å². The van der Waals surface area contributed by atoms with Crippen LogP contribution in [0.15, 0.2) is 18.6 Å². The van der Waals surface area contributed by atoms with Crippen LogP contribution in [0.5, 0.6) is 0 Å². The number of nitrogens with zero attached hydrogens (tertiary/aromatic N) is 2. The zero-order chi connectivity index (χ0) is 7.40. The van der Waals surface area contributed by atoms with E-state index in [1.165, 1.54) is 6.33 Å². The van der Waals surface area contributed by atoms with Crippen molar-refractivity contribution in [3.63, 3.8) is 0 Å². The summed E-state index contributed by atoms with van der Waals surface area (Å²) in [7, 11) is 0. The van der Waals surface area contributed by atoms with Gasteiger partial charge in [-0.1, -0.05) is 0 Å². The summed E-state index contributed by atoms with van der Waals surface area (Å²) in [6.07, 6.45) is 3.11. The molecule has 1 aromatic rings. The van der Waals surface area contributed by atoms with Crippen LogP contribution in [-0.4, -0.2) is 16.5 Å². The third-order valence-electron chi connectivity index (χ3n) is 1.24. The van der Waals surface area contributed by atoms with Gasteiger partial charge in [-0.15, -0.1) is 0 Å². The first-order valence-electron chi connectivity index (χ1n) is 3.06. The number of rotatable bonds is 2. The van der Waals surface area contributed by atoms with E-state index in [1.807, 2.05) is 0 Å². The van der Waals surface area contributed by atoms with Gasteiger partial charge >= 0.3 is 0 Å². The van der Waals surface area contributed by atoms with E-state index in [0.717, 1.165) is 5.69 Å². The molecule has 0 aliphatic carbocycles. The molecule has 4 heteroatoms. The molecule has 0 spiro atoms. The monoisotopic (exact) mass is 138 g/mol. The molecule has 1 atom stereocenters. The number of hydrogen-bond acceptors (Lipinski definition) is 4. The van der Waals surface area contributed by atoms with Crippen LogP contribution in [0.2, 0.25) is 0 Å². The van der Waals surface area contributed by atoms with Crippen molar-refractivity contribution in [2.75, 3.05) is 6.54 Å². The lowest BCUT2D eigenvalue weighted by atomic mass is 10.2. The third kappa shape index (κ3) is 1.49. The average molecular weight is 138 g/mol. The highest BCUT2D eigenvalue weighted by atomic mass is 14.9. The minimum Gasteiger partial charge on any atom is -0.329 e. The van der Waals surface area contributed by atoms with Gasteiger partial charge in [-0.25, -0.2) is 9.97 Å². The normalized spacial score (nSPS) is 13.0. The summed E-state index contributed by atoms with van der Waals surface area (Å²) in [5.41, 5.74) is 11.7. The first-order chi connectivity index (χ1) is 4.84. The maximum Gasteiger partial charge on any atom is 0.115 e. The van der Waals surface area contributed by atoms with Crippen LogP contribution in [0.4, 0.5) is 0 Å². The summed E-state index contributed by atoms with van der Waals surface area (Å²) in [6.45, 7) is 0.414. The minimum absolute atomic E-state index is 0.164. The lowest BCUT2D eigenvalue weighted by molar-refractivity contribution is 0.707. The quantitative estimate of drug-likeness (QED) is 0.574. The van der Waals surface area contributed by atoms with Crippen LogP contribution in [0.1, 0.15) is 11.7 Å². The molecule has 0 fully saturated rings. The molecule has 0 amide bonds. The molecule has 10 heavy (non-hydrogen) atoms. The summed E-state index contributed by atoms with van der Waals surface area (Å²) in [4.78, 5) is 7.69.